The lowest BCUT2D eigenvalue weighted by Crippen LogP contribution is -2.45. The van der Waals surface area contributed by atoms with E-state index in [-0.39, 0.29) is 6.04 Å². The number of benzene rings is 1. The van der Waals surface area contributed by atoms with E-state index in [1.807, 2.05) is 13.8 Å². The summed E-state index contributed by atoms with van der Waals surface area (Å²) in [4.78, 5) is 0. The zero-order chi connectivity index (χ0) is 13.2. The van der Waals surface area contributed by atoms with Gasteiger partial charge < -0.3 is 14.8 Å². The first-order valence-electron chi connectivity index (χ1n) is 6.61. The van der Waals surface area contributed by atoms with E-state index in [9.17, 15) is 0 Å². The number of ether oxygens (including phenoxy) is 2. The van der Waals surface area contributed by atoms with E-state index in [0.29, 0.717) is 19.1 Å². The number of hydrogen-bond acceptors (Lipinski definition) is 3. The molecule has 1 N–H and O–H groups in total. The van der Waals surface area contributed by atoms with Gasteiger partial charge in [0.25, 0.3) is 0 Å². The lowest BCUT2D eigenvalue weighted by molar-refractivity contribution is -0.247. The summed E-state index contributed by atoms with van der Waals surface area (Å²) in [5.74, 6) is 0.126. The first-order chi connectivity index (χ1) is 8.46. The standard InChI is InChI=1S/C15H23NO2/c1-11(2)12-5-7-13(8-6-12)16-14-9-17-15(3,4)18-10-14/h5-8,11,14,16H,9-10H2,1-4H3. The van der Waals surface area contributed by atoms with Crippen LogP contribution in [0.2, 0.25) is 0 Å². The fourth-order valence-corrected chi connectivity index (χ4v) is 1.98. The Morgan fingerprint density at radius 2 is 1.67 bits per heavy atom. The third-order valence-electron chi connectivity index (χ3n) is 3.21. The number of anilines is 1. The molecule has 0 radical (unpaired) electrons. The SMILES string of the molecule is CC(C)c1ccc(NC2COC(C)(C)OC2)cc1. The van der Waals surface area contributed by atoms with Gasteiger partial charge in [0.15, 0.2) is 5.79 Å². The van der Waals surface area contributed by atoms with Crippen LogP contribution in [0.4, 0.5) is 5.69 Å². The average molecular weight is 249 g/mol. The molecule has 1 heterocycles. The molecule has 0 bridgehead atoms. The van der Waals surface area contributed by atoms with Crippen LogP contribution in [0.15, 0.2) is 24.3 Å². The molecular weight excluding hydrogens is 226 g/mol. The van der Waals surface area contributed by atoms with Gasteiger partial charge >= 0.3 is 0 Å². The number of nitrogens with one attached hydrogen (secondary N) is 1. The van der Waals surface area contributed by atoms with Gasteiger partial charge in [-0.2, -0.15) is 0 Å². The van der Waals surface area contributed by atoms with Crippen molar-refractivity contribution in [2.45, 2.75) is 45.4 Å². The molecule has 0 aromatic heterocycles. The minimum absolute atomic E-state index is 0.225. The topological polar surface area (TPSA) is 30.5 Å². The van der Waals surface area contributed by atoms with Gasteiger partial charge in [0.1, 0.15) is 0 Å². The van der Waals surface area contributed by atoms with Gasteiger partial charge in [0.05, 0.1) is 19.3 Å². The van der Waals surface area contributed by atoms with Crippen molar-refractivity contribution in [3.63, 3.8) is 0 Å². The Morgan fingerprint density at radius 1 is 1.11 bits per heavy atom. The number of rotatable bonds is 3. The van der Waals surface area contributed by atoms with Crippen LogP contribution in [0.3, 0.4) is 0 Å². The minimum atomic E-state index is -0.445. The molecule has 0 unspecified atom stereocenters. The Kier molecular flexibility index (Phi) is 3.93. The molecule has 0 amide bonds. The Hall–Kier alpha value is -1.06. The van der Waals surface area contributed by atoms with Crippen molar-refractivity contribution in [2.75, 3.05) is 18.5 Å². The predicted octanol–water partition coefficient (Wildman–Crippen LogP) is 3.37. The van der Waals surface area contributed by atoms with E-state index >= 15 is 0 Å². The summed E-state index contributed by atoms with van der Waals surface area (Å²) in [7, 11) is 0. The molecule has 0 atom stereocenters. The van der Waals surface area contributed by atoms with E-state index in [0.717, 1.165) is 5.69 Å². The quantitative estimate of drug-likeness (QED) is 0.891. The first-order valence-corrected chi connectivity index (χ1v) is 6.61. The maximum atomic E-state index is 5.63. The van der Waals surface area contributed by atoms with Crippen LogP contribution in [-0.4, -0.2) is 25.0 Å². The lowest BCUT2D eigenvalue weighted by Gasteiger charge is -2.35. The smallest absolute Gasteiger partial charge is 0.162 e. The summed E-state index contributed by atoms with van der Waals surface area (Å²) in [5.41, 5.74) is 2.48. The van der Waals surface area contributed by atoms with Crippen molar-refractivity contribution in [2.24, 2.45) is 0 Å². The first kappa shape index (κ1) is 13.4. The van der Waals surface area contributed by atoms with Crippen molar-refractivity contribution >= 4 is 5.69 Å². The molecule has 1 aliphatic rings. The fourth-order valence-electron chi connectivity index (χ4n) is 1.98. The fraction of sp³-hybridized carbons (Fsp3) is 0.600. The average Bonchev–Trinajstić information content (AvgIpc) is 2.33. The summed E-state index contributed by atoms with van der Waals surface area (Å²) < 4.78 is 11.3. The van der Waals surface area contributed by atoms with E-state index in [2.05, 4.69) is 43.4 Å². The lowest BCUT2D eigenvalue weighted by atomic mass is 10.0. The molecule has 3 nitrogen and oxygen atoms in total. The second-order valence-electron chi connectivity index (χ2n) is 5.64. The molecule has 1 aromatic rings. The molecule has 100 valence electrons. The van der Waals surface area contributed by atoms with Crippen LogP contribution in [-0.2, 0) is 9.47 Å². The normalized spacial score (nSPS) is 20.1. The second kappa shape index (κ2) is 5.29. The van der Waals surface area contributed by atoms with Gasteiger partial charge in [-0.1, -0.05) is 26.0 Å². The summed E-state index contributed by atoms with van der Waals surface area (Å²) in [6, 6.07) is 8.80. The molecule has 1 fully saturated rings. The van der Waals surface area contributed by atoms with E-state index < -0.39 is 5.79 Å². The summed E-state index contributed by atoms with van der Waals surface area (Å²) in [5, 5.41) is 3.43. The monoisotopic (exact) mass is 249 g/mol. The zero-order valence-electron chi connectivity index (χ0n) is 11.7. The van der Waals surface area contributed by atoms with Crippen LogP contribution in [0.25, 0.3) is 0 Å². The Morgan fingerprint density at radius 3 is 2.17 bits per heavy atom. The van der Waals surface area contributed by atoms with Gasteiger partial charge in [-0.05, 0) is 37.5 Å². The van der Waals surface area contributed by atoms with Crippen LogP contribution in [0.5, 0.6) is 0 Å². The molecule has 3 heteroatoms. The van der Waals surface area contributed by atoms with Crippen LogP contribution >= 0.6 is 0 Å². The van der Waals surface area contributed by atoms with Gasteiger partial charge in [-0.25, -0.2) is 0 Å². The highest BCUT2D eigenvalue weighted by Crippen LogP contribution is 2.21. The molecule has 1 aromatic carbocycles. The van der Waals surface area contributed by atoms with E-state index in [1.54, 1.807) is 0 Å². The maximum absolute atomic E-state index is 5.63. The van der Waals surface area contributed by atoms with Crippen molar-refractivity contribution in [1.29, 1.82) is 0 Å². The van der Waals surface area contributed by atoms with E-state index in [4.69, 9.17) is 9.47 Å². The number of hydrogen-bond donors (Lipinski definition) is 1. The van der Waals surface area contributed by atoms with Crippen molar-refractivity contribution < 1.29 is 9.47 Å². The van der Waals surface area contributed by atoms with Gasteiger partial charge in [-0.15, -0.1) is 0 Å². The van der Waals surface area contributed by atoms with Crippen LogP contribution in [0, 0.1) is 0 Å². The van der Waals surface area contributed by atoms with Gasteiger partial charge in [0, 0.05) is 5.69 Å². The maximum Gasteiger partial charge on any atom is 0.162 e. The molecule has 1 saturated heterocycles. The highest BCUT2D eigenvalue weighted by Gasteiger charge is 2.28. The molecule has 0 aliphatic carbocycles. The van der Waals surface area contributed by atoms with Crippen molar-refractivity contribution in [1.82, 2.24) is 0 Å². The molecule has 18 heavy (non-hydrogen) atoms. The molecule has 0 spiro atoms. The van der Waals surface area contributed by atoms with Gasteiger partial charge in [0.2, 0.25) is 0 Å². The largest absolute Gasteiger partial charge is 0.378 e. The highest BCUT2D eigenvalue weighted by atomic mass is 16.7. The van der Waals surface area contributed by atoms with Crippen LogP contribution < -0.4 is 5.32 Å². The molecular formula is C15H23NO2. The van der Waals surface area contributed by atoms with Gasteiger partial charge in [-0.3, -0.25) is 0 Å². The predicted molar refractivity (Wildman–Crippen MR) is 73.9 cm³/mol. The Labute approximate surface area is 109 Å². The van der Waals surface area contributed by atoms with Crippen molar-refractivity contribution in [3.8, 4) is 0 Å². The summed E-state index contributed by atoms with van der Waals surface area (Å²) in [6.07, 6.45) is 0. The summed E-state index contributed by atoms with van der Waals surface area (Å²) in [6.45, 7) is 9.65. The van der Waals surface area contributed by atoms with Crippen LogP contribution in [0.1, 0.15) is 39.2 Å². The summed E-state index contributed by atoms with van der Waals surface area (Å²) >= 11 is 0. The molecule has 0 saturated carbocycles. The zero-order valence-corrected chi connectivity index (χ0v) is 11.7. The third kappa shape index (κ3) is 3.47. The second-order valence-corrected chi connectivity index (χ2v) is 5.64. The van der Waals surface area contributed by atoms with Crippen molar-refractivity contribution in [3.05, 3.63) is 29.8 Å². The Balaban J connectivity index is 1.90. The third-order valence-corrected chi connectivity index (χ3v) is 3.21. The highest BCUT2D eigenvalue weighted by molar-refractivity contribution is 5.46. The van der Waals surface area contributed by atoms with E-state index in [1.165, 1.54) is 5.56 Å². The molecule has 2 rings (SSSR count). The molecule has 1 aliphatic heterocycles. The minimum Gasteiger partial charge on any atom is -0.378 e. The Bertz CT molecular complexity index is 374.